The van der Waals surface area contributed by atoms with Crippen molar-refractivity contribution in [3.05, 3.63) is 29.8 Å². The van der Waals surface area contributed by atoms with E-state index in [4.69, 9.17) is 4.74 Å². The number of carbonyl (C=O) groups excluding carboxylic acids is 2. The third-order valence-electron chi connectivity index (χ3n) is 3.51. The number of hydrogen-bond acceptors (Lipinski definition) is 3. The second-order valence-electron chi connectivity index (χ2n) is 5.54. The van der Waals surface area contributed by atoms with Gasteiger partial charge in [0.05, 0.1) is 6.61 Å². The van der Waals surface area contributed by atoms with Gasteiger partial charge in [-0.05, 0) is 24.6 Å². The van der Waals surface area contributed by atoms with Gasteiger partial charge in [0.25, 0.3) is 5.91 Å². The molecule has 0 aliphatic heterocycles. The van der Waals surface area contributed by atoms with Crippen LogP contribution in [-0.2, 0) is 9.53 Å². The molecule has 0 fully saturated rings. The number of unbranched alkanes of at least 4 members (excludes halogenated alkanes) is 4. The molecule has 0 heterocycles. The van der Waals surface area contributed by atoms with Gasteiger partial charge in [0.1, 0.15) is 0 Å². The van der Waals surface area contributed by atoms with E-state index in [-0.39, 0.29) is 11.8 Å². The zero-order chi connectivity index (χ0) is 16.9. The second kappa shape index (κ2) is 11.7. The predicted octanol–water partition coefficient (Wildman–Crippen LogP) is 3.36. The van der Waals surface area contributed by atoms with Crippen molar-refractivity contribution < 1.29 is 14.3 Å². The van der Waals surface area contributed by atoms with Crippen LogP contribution in [0.1, 0.15) is 55.8 Å². The van der Waals surface area contributed by atoms with Crippen molar-refractivity contribution in [2.24, 2.45) is 0 Å². The highest BCUT2D eigenvalue weighted by Crippen LogP contribution is 2.12. The van der Waals surface area contributed by atoms with E-state index < -0.39 is 0 Å². The summed E-state index contributed by atoms with van der Waals surface area (Å²) in [5.41, 5.74) is 1.18. The van der Waals surface area contributed by atoms with Crippen LogP contribution >= 0.6 is 0 Å². The predicted molar refractivity (Wildman–Crippen MR) is 92.7 cm³/mol. The lowest BCUT2D eigenvalue weighted by Gasteiger charge is -2.08. The molecule has 0 aromatic heterocycles. The molecule has 5 heteroatoms. The van der Waals surface area contributed by atoms with Gasteiger partial charge in [-0.2, -0.15) is 0 Å². The number of amides is 2. The van der Waals surface area contributed by atoms with Gasteiger partial charge in [0.15, 0.2) is 0 Å². The average Bonchev–Trinajstić information content (AvgIpc) is 2.55. The maximum absolute atomic E-state index is 12.0. The fourth-order valence-electron chi connectivity index (χ4n) is 2.22. The molecule has 5 nitrogen and oxygen atoms in total. The van der Waals surface area contributed by atoms with E-state index in [1.165, 1.54) is 19.3 Å². The summed E-state index contributed by atoms with van der Waals surface area (Å²) in [6, 6.07) is 6.97. The van der Waals surface area contributed by atoms with Gasteiger partial charge in [-0.1, -0.05) is 38.7 Å². The van der Waals surface area contributed by atoms with Crippen molar-refractivity contribution >= 4 is 17.5 Å². The lowest BCUT2D eigenvalue weighted by molar-refractivity contribution is -0.116. The Kier molecular flexibility index (Phi) is 9.71. The monoisotopic (exact) mass is 320 g/mol. The summed E-state index contributed by atoms with van der Waals surface area (Å²) in [5.74, 6) is -0.170. The first-order chi connectivity index (χ1) is 11.2. The molecule has 2 N–H and O–H groups in total. The fourth-order valence-corrected chi connectivity index (χ4v) is 2.22. The molecule has 0 saturated carbocycles. The first kappa shape index (κ1) is 19.2. The van der Waals surface area contributed by atoms with Crippen LogP contribution in [0.15, 0.2) is 24.3 Å². The molecule has 0 aliphatic carbocycles. The fraction of sp³-hybridized carbons (Fsp3) is 0.556. The largest absolute Gasteiger partial charge is 0.383 e. The van der Waals surface area contributed by atoms with E-state index >= 15 is 0 Å². The molecule has 1 rings (SSSR count). The highest BCUT2D eigenvalue weighted by atomic mass is 16.5. The molecule has 2 amide bonds. The molecule has 0 aliphatic rings. The summed E-state index contributed by atoms with van der Waals surface area (Å²) in [7, 11) is 1.59. The second-order valence-corrected chi connectivity index (χ2v) is 5.54. The number of ether oxygens (including phenoxy) is 1. The zero-order valence-electron chi connectivity index (χ0n) is 14.2. The molecule has 0 bridgehead atoms. The molecule has 1 aromatic rings. The van der Waals surface area contributed by atoms with Crippen LogP contribution in [0.5, 0.6) is 0 Å². The van der Waals surface area contributed by atoms with Crippen molar-refractivity contribution in [3.63, 3.8) is 0 Å². The molecule has 0 radical (unpaired) electrons. The van der Waals surface area contributed by atoms with Crippen LogP contribution < -0.4 is 10.6 Å². The number of methoxy groups -OCH3 is 1. The van der Waals surface area contributed by atoms with Gasteiger partial charge in [0.2, 0.25) is 5.91 Å². The molecule has 23 heavy (non-hydrogen) atoms. The van der Waals surface area contributed by atoms with Gasteiger partial charge in [0, 0.05) is 31.3 Å². The van der Waals surface area contributed by atoms with Gasteiger partial charge >= 0.3 is 0 Å². The summed E-state index contributed by atoms with van der Waals surface area (Å²) in [4.78, 5) is 23.9. The Bertz CT molecular complexity index is 489. The normalized spacial score (nSPS) is 10.3. The van der Waals surface area contributed by atoms with E-state index in [2.05, 4.69) is 17.6 Å². The van der Waals surface area contributed by atoms with Crippen LogP contribution in [0.3, 0.4) is 0 Å². The quantitative estimate of drug-likeness (QED) is 0.614. The van der Waals surface area contributed by atoms with Crippen molar-refractivity contribution in [1.29, 1.82) is 0 Å². The molecule has 0 atom stereocenters. The number of hydrogen-bond donors (Lipinski definition) is 2. The maximum Gasteiger partial charge on any atom is 0.251 e. The van der Waals surface area contributed by atoms with Crippen molar-refractivity contribution in [2.45, 2.75) is 45.4 Å². The summed E-state index contributed by atoms with van der Waals surface area (Å²) >= 11 is 0. The highest BCUT2D eigenvalue weighted by Gasteiger charge is 2.07. The van der Waals surface area contributed by atoms with Gasteiger partial charge in [-0.25, -0.2) is 0 Å². The number of nitrogens with one attached hydrogen (secondary N) is 2. The van der Waals surface area contributed by atoms with E-state index in [0.717, 1.165) is 12.8 Å². The zero-order valence-corrected chi connectivity index (χ0v) is 14.2. The number of anilines is 1. The van der Waals surface area contributed by atoms with E-state index in [1.807, 2.05) is 0 Å². The molecule has 0 saturated heterocycles. The minimum Gasteiger partial charge on any atom is -0.383 e. The first-order valence-corrected chi connectivity index (χ1v) is 8.34. The number of benzene rings is 1. The third-order valence-corrected chi connectivity index (χ3v) is 3.51. The lowest BCUT2D eigenvalue weighted by atomic mass is 10.1. The Balaban J connectivity index is 2.40. The number of carbonyl (C=O) groups is 2. The Morgan fingerprint density at radius 2 is 1.91 bits per heavy atom. The highest BCUT2D eigenvalue weighted by molar-refractivity contribution is 5.97. The van der Waals surface area contributed by atoms with E-state index in [1.54, 1.807) is 31.4 Å². The Morgan fingerprint density at radius 3 is 2.65 bits per heavy atom. The Hall–Kier alpha value is -1.88. The van der Waals surface area contributed by atoms with E-state index in [0.29, 0.717) is 30.8 Å². The van der Waals surface area contributed by atoms with E-state index in [9.17, 15) is 9.59 Å². The SMILES string of the molecule is CCCCCCCC(=O)Nc1cccc(C(=O)NCCOC)c1. The Labute approximate surface area is 138 Å². The molecule has 0 spiro atoms. The van der Waals surface area contributed by atoms with Crippen molar-refractivity contribution in [3.8, 4) is 0 Å². The van der Waals surface area contributed by atoms with Crippen LogP contribution in [0.25, 0.3) is 0 Å². The molecule has 1 aromatic carbocycles. The topological polar surface area (TPSA) is 67.4 Å². The molecule has 0 unspecified atom stereocenters. The minimum absolute atomic E-state index is 0.00144. The van der Waals surface area contributed by atoms with Gasteiger partial charge in [-0.3, -0.25) is 9.59 Å². The van der Waals surface area contributed by atoms with Crippen LogP contribution in [0, 0.1) is 0 Å². The maximum atomic E-state index is 12.0. The third kappa shape index (κ3) is 8.35. The number of rotatable bonds is 11. The minimum atomic E-state index is -0.169. The summed E-state index contributed by atoms with van der Waals surface area (Å²) in [6.45, 7) is 3.11. The average molecular weight is 320 g/mol. The summed E-state index contributed by atoms with van der Waals surface area (Å²) < 4.78 is 4.89. The summed E-state index contributed by atoms with van der Waals surface area (Å²) in [5, 5.41) is 5.61. The first-order valence-electron chi connectivity index (χ1n) is 8.34. The van der Waals surface area contributed by atoms with Crippen LogP contribution in [0.4, 0.5) is 5.69 Å². The molecular weight excluding hydrogens is 292 g/mol. The lowest BCUT2D eigenvalue weighted by Crippen LogP contribution is -2.27. The summed E-state index contributed by atoms with van der Waals surface area (Å²) in [6.07, 6.45) is 6.12. The van der Waals surface area contributed by atoms with Gasteiger partial charge in [-0.15, -0.1) is 0 Å². The van der Waals surface area contributed by atoms with Crippen LogP contribution in [0.2, 0.25) is 0 Å². The molecule has 128 valence electrons. The van der Waals surface area contributed by atoms with Crippen molar-refractivity contribution in [1.82, 2.24) is 5.32 Å². The van der Waals surface area contributed by atoms with Crippen LogP contribution in [-0.4, -0.2) is 32.1 Å². The Morgan fingerprint density at radius 1 is 1.13 bits per heavy atom. The molecular formula is C18H28N2O3. The van der Waals surface area contributed by atoms with Crippen molar-refractivity contribution in [2.75, 3.05) is 25.6 Å². The standard InChI is InChI=1S/C18H28N2O3/c1-3-4-5-6-7-11-17(21)20-16-10-8-9-15(14-16)18(22)19-12-13-23-2/h8-10,14H,3-7,11-13H2,1-2H3,(H,19,22)(H,20,21). The van der Waals surface area contributed by atoms with Gasteiger partial charge < -0.3 is 15.4 Å². The smallest absolute Gasteiger partial charge is 0.251 e.